The number of H-pyrrole nitrogens is 2. The van der Waals surface area contributed by atoms with Gasteiger partial charge in [0.05, 0.1) is 17.7 Å². The number of rotatable bonds is 4. The molecule has 0 spiro atoms. The number of fused-ring (bicyclic) bond motifs is 1. The Bertz CT molecular complexity index is 1110. The molecule has 1 aliphatic carbocycles. The highest BCUT2D eigenvalue weighted by molar-refractivity contribution is 5.93. The molecule has 1 aliphatic rings. The zero-order chi connectivity index (χ0) is 19.0. The normalized spacial score (nSPS) is 20.0. The van der Waals surface area contributed by atoms with E-state index in [2.05, 4.69) is 15.3 Å². The molecular weight excluding hydrogens is 348 g/mol. The van der Waals surface area contributed by atoms with Crippen LogP contribution in [0.25, 0.3) is 10.9 Å². The van der Waals surface area contributed by atoms with Crippen molar-refractivity contribution in [3.63, 3.8) is 0 Å². The second kappa shape index (κ2) is 6.81. The summed E-state index contributed by atoms with van der Waals surface area (Å²) in [5, 5.41) is 13.5. The number of pyridine rings is 1. The second-order valence-corrected chi connectivity index (χ2v) is 6.78. The molecule has 2 aromatic heterocycles. The number of carbonyl (C=O) groups excluding carboxylic acids is 1. The lowest BCUT2D eigenvalue weighted by Crippen LogP contribution is -2.43. The fourth-order valence-electron chi connectivity index (χ4n) is 3.43. The third-order valence-corrected chi connectivity index (χ3v) is 4.94. The van der Waals surface area contributed by atoms with E-state index in [1.807, 2.05) is 35.3 Å². The minimum absolute atomic E-state index is 0.0359. The zero-order valence-electron chi connectivity index (χ0n) is 14.3. The van der Waals surface area contributed by atoms with Gasteiger partial charge >= 0.3 is 5.69 Å². The molecule has 4 N–H and O–H groups in total. The molecule has 1 saturated carbocycles. The summed E-state index contributed by atoms with van der Waals surface area (Å²) in [5.41, 5.74) is 0.0549. The molecule has 2 heterocycles. The first-order valence-corrected chi connectivity index (χ1v) is 8.67. The van der Waals surface area contributed by atoms with Crippen LogP contribution in [0.15, 0.2) is 52.3 Å². The van der Waals surface area contributed by atoms with Gasteiger partial charge in [0, 0.05) is 17.8 Å². The lowest BCUT2D eigenvalue weighted by Gasteiger charge is -2.38. The Morgan fingerprint density at radius 2 is 2.04 bits per heavy atom. The highest BCUT2D eigenvalue weighted by Gasteiger charge is 2.36. The van der Waals surface area contributed by atoms with Crippen molar-refractivity contribution in [1.29, 1.82) is 0 Å². The van der Waals surface area contributed by atoms with Crippen LogP contribution in [-0.2, 0) is 0 Å². The molecule has 0 radical (unpaired) electrons. The van der Waals surface area contributed by atoms with Gasteiger partial charge in [-0.15, -0.1) is 0 Å². The van der Waals surface area contributed by atoms with E-state index in [0.717, 1.165) is 22.7 Å². The number of nitrogens with one attached hydrogen (secondary N) is 3. The molecule has 8 nitrogen and oxygen atoms in total. The summed E-state index contributed by atoms with van der Waals surface area (Å²) in [6, 6.07) is 9.21. The van der Waals surface area contributed by atoms with Crippen molar-refractivity contribution in [3.8, 4) is 0 Å². The number of aromatic amines is 2. The van der Waals surface area contributed by atoms with E-state index in [9.17, 15) is 19.5 Å². The Morgan fingerprint density at radius 3 is 2.78 bits per heavy atom. The van der Waals surface area contributed by atoms with Crippen molar-refractivity contribution in [1.82, 2.24) is 20.3 Å². The number of aliphatic hydroxyl groups is 1. The van der Waals surface area contributed by atoms with Crippen LogP contribution in [0.5, 0.6) is 0 Å². The van der Waals surface area contributed by atoms with E-state index >= 15 is 0 Å². The third-order valence-electron chi connectivity index (χ3n) is 4.94. The van der Waals surface area contributed by atoms with Crippen LogP contribution >= 0.6 is 0 Å². The van der Waals surface area contributed by atoms with Crippen LogP contribution < -0.4 is 16.6 Å². The number of carbonyl (C=O) groups is 1. The predicted molar refractivity (Wildman–Crippen MR) is 98.4 cm³/mol. The fourth-order valence-corrected chi connectivity index (χ4v) is 3.43. The molecule has 1 fully saturated rings. The molecule has 1 aromatic carbocycles. The molecule has 27 heavy (non-hydrogen) atoms. The molecular formula is C19H18N4O4. The van der Waals surface area contributed by atoms with Gasteiger partial charge in [0.1, 0.15) is 5.56 Å². The summed E-state index contributed by atoms with van der Waals surface area (Å²) in [7, 11) is 0. The first-order chi connectivity index (χ1) is 13.0. The third kappa shape index (κ3) is 3.39. The Morgan fingerprint density at radius 1 is 1.26 bits per heavy atom. The number of hydrogen-bond acceptors (Lipinski definition) is 5. The molecule has 138 valence electrons. The topological polar surface area (TPSA) is 128 Å². The molecule has 0 bridgehead atoms. The number of hydrogen-bond donors (Lipinski definition) is 4. The van der Waals surface area contributed by atoms with Gasteiger partial charge in [-0.1, -0.05) is 18.2 Å². The Labute approximate surface area is 153 Å². The van der Waals surface area contributed by atoms with Crippen LogP contribution in [-0.4, -0.2) is 32.1 Å². The van der Waals surface area contributed by atoms with E-state index in [1.54, 1.807) is 6.20 Å². The van der Waals surface area contributed by atoms with Crippen molar-refractivity contribution in [2.75, 3.05) is 0 Å². The van der Waals surface area contributed by atoms with Crippen molar-refractivity contribution >= 4 is 16.8 Å². The summed E-state index contributed by atoms with van der Waals surface area (Å²) < 4.78 is 0. The summed E-state index contributed by atoms with van der Waals surface area (Å²) in [6.45, 7) is 0. The van der Waals surface area contributed by atoms with Gasteiger partial charge in [0.15, 0.2) is 0 Å². The van der Waals surface area contributed by atoms with E-state index in [-0.39, 0.29) is 17.6 Å². The summed E-state index contributed by atoms with van der Waals surface area (Å²) in [5.74, 6) is -0.555. The lowest BCUT2D eigenvalue weighted by molar-refractivity contribution is 0.0235. The Kier molecular flexibility index (Phi) is 4.33. The molecule has 1 atom stereocenters. The van der Waals surface area contributed by atoms with Gasteiger partial charge in [-0.25, -0.2) is 4.79 Å². The van der Waals surface area contributed by atoms with Gasteiger partial charge in [-0.05, 0) is 36.5 Å². The van der Waals surface area contributed by atoms with Gasteiger partial charge in [0.2, 0.25) is 0 Å². The predicted octanol–water partition coefficient (Wildman–Crippen LogP) is 0.853. The number of benzene rings is 1. The summed E-state index contributed by atoms with van der Waals surface area (Å²) >= 11 is 0. The summed E-state index contributed by atoms with van der Waals surface area (Å²) in [4.78, 5) is 44.4. The molecule has 3 aromatic rings. The first-order valence-electron chi connectivity index (χ1n) is 8.67. The van der Waals surface area contributed by atoms with Gasteiger partial charge in [-0.2, -0.15) is 0 Å². The maximum absolute atomic E-state index is 12.6. The van der Waals surface area contributed by atoms with Crippen LogP contribution in [0.2, 0.25) is 0 Å². The smallest absolute Gasteiger partial charge is 0.325 e. The average molecular weight is 366 g/mol. The highest BCUT2D eigenvalue weighted by atomic mass is 16.3. The molecule has 0 aliphatic heterocycles. The van der Waals surface area contributed by atoms with Gasteiger partial charge in [0.25, 0.3) is 11.5 Å². The van der Waals surface area contributed by atoms with Crippen molar-refractivity contribution in [2.45, 2.75) is 25.0 Å². The lowest BCUT2D eigenvalue weighted by atomic mass is 9.75. The van der Waals surface area contributed by atoms with E-state index in [4.69, 9.17) is 0 Å². The number of nitrogens with zero attached hydrogens (tertiary/aromatic N) is 1. The molecule has 8 heteroatoms. The first kappa shape index (κ1) is 17.2. The van der Waals surface area contributed by atoms with Gasteiger partial charge in [-0.3, -0.25) is 19.6 Å². The van der Waals surface area contributed by atoms with Crippen LogP contribution in [0.1, 0.15) is 34.8 Å². The summed E-state index contributed by atoms with van der Waals surface area (Å²) in [6.07, 6.45) is 3.52. The largest absolute Gasteiger partial charge is 0.393 e. The van der Waals surface area contributed by atoms with Crippen LogP contribution in [0, 0.1) is 5.92 Å². The fraction of sp³-hybridized carbons (Fsp3) is 0.263. The van der Waals surface area contributed by atoms with E-state index in [0.29, 0.717) is 12.8 Å². The average Bonchev–Trinajstić information content (AvgIpc) is 2.63. The number of aliphatic hydroxyl groups excluding tert-OH is 1. The maximum atomic E-state index is 12.6. The maximum Gasteiger partial charge on any atom is 0.325 e. The van der Waals surface area contributed by atoms with E-state index in [1.165, 1.54) is 0 Å². The van der Waals surface area contributed by atoms with Gasteiger partial charge < -0.3 is 15.4 Å². The Balaban J connectivity index is 1.67. The second-order valence-electron chi connectivity index (χ2n) is 6.78. The number of aromatic nitrogens is 3. The van der Waals surface area contributed by atoms with Crippen molar-refractivity contribution in [2.24, 2.45) is 5.92 Å². The molecule has 0 unspecified atom stereocenters. The highest BCUT2D eigenvalue weighted by Crippen LogP contribution is 2.38. The molecule has 0 saturated heterocycles. The quantitative estimate of drug-likeness (QED) is 0.544. The standard InChI is InChI=1S/C19H18N4O4/c24-13-6-11(7-13)16(12-5-10-3-1-2-4-15(10)20-8-12)22-17(25)14-9-21-19(27)23-18(14)26/h1-5,8-9,11,13,16,24H,6-7H2,(H,22,25)(H2,21,23,26,27)/t11?,13?,16-/m1/s1. The van der Waals surface area contributed by atoms with Crippen LogP contribution in [0.3, 0.4) is 0 Å². The molecule has 1 amide bonds. The van der Waals surface area contributed by atoms with Crippen LogP contribution in [0.4, 0.5) is 0 Å². The van der Waals surface area contributed by atoms with Crippen molar-refractivity contribution < 1.29 is 9.90 Å². The minimum atomic E-state index is -0.750. The Hall–Kier alpha value is -3.26. The van der Waals surface area contributed by atoms with Crippen molar-refractivity contribution in [3.05, 3.63) is 74.7 Å². The number of para-hydroxylation sites is 1. The number of amides is 1. The minimum Gasteiger partial charge on any atom is -0.393 e. The SMILES string of the molecule is O=C(N[C@@H](c1cnc2ccccc2c1)C1CC(O)C1)c1c[nH]c(=O)[nH]c1=O. The van der Waals surface area contributed by atoms with E-state index < -0.39 is 23.2 Å². The zero-order valence-corrected chi connectivity index (χ0v) is 14.3. The molecule has 4 rings (SSSR count). The monoisotopic (exact) mass is 366 g/mol.